The normalized spacial score (nSPS) is 20.4. The number of aromatic nitrogens is 2. The predicted molar refractivity (Wildman–Crippen MR) is 128 cm³/mol. The van der Waals surface area contributed by atoms with Gasteiger partial charge in [0.05, 0.1) is 11.6 Å². The predicted octanol–water partition coefficient (Wildman–Crippen LogP) is 2.28. The lowest BCUT2D eigenvalue weighted by molar-refractivity contribution is -0.142. The summed E-state index contributed by atoms with van der Waals surface area (Å²) in [5.41, 5.74) is 2.23. The quantitative estimate of drug-likeness (QED) is 0.463. The van der Waals surface area contributed by atoms with Crippen LogP contribution < -0.4 is 10.0 Å². The Balaban J connectivity index is 1.12. The first-order chi connectivity index (χ1) is 16.4. The van der Waals surface area contributed by atoms with Crippen molar-refractivity contribution in [1.82, 2.24) is 23.9 Å². The van der Waals surface area contributed by atoms with E-state index in [2.05, 4.69) is 43.1 Å². The van der Waals surface area contributed by atoms with E-state index in [1.165, 1.54) is 9.87 Å². The molecule has 3 N–H and O–H groups in total. The SMILES string of the molecule is O=C(O)C1CCN(S(=O)(=O)NC2CCN(Cc3ccc4c(c3)Nc3nccnc3S4)CC2)CC1. The number of hydrogen-bond acceptors (Lipinski definition) is 8. The first kappa shape index (κ1) is 23.5. The number of nitrogens with one attached hydrogen (secondary N) is 2. The number of piperidine rings is 2. The molecule has 1 aromatic heterocycles. The zero-order chi connectivity index (χ0) is 23.7. The van der Waals surface area contributed by atoms with Crippen LogP contribution in [0.5, 0.6) is 0 Å². The van der Waals surface area contributed by atoms with E-state index >= 15 is 0 Å². The summed E-state index contributed by atoms with van der Waals surface area (Å²) in [4.78, 5) is 23.3. The number of rotatable bonds is 6. The molecule has 1 aromatic carbocycles. The fraction of sp³-hybridized carbons (Fsp3) is 0.500. The lowest BCUT2D eigenvalue weighted by atomic mass is 9.99. The zero-order valence-electron chi connectivity index (χ0n) is 18.7. The second-order valence-corrected chi connectivity index (χ2v) is 11.7. The van der Waals surface area contributed by atoms with E-state index in [-0.39, 0.29) is 19.1 Å². The van der Waals surface area contributed by atoms with Crippen molar-refractivity contribution in [2.24, 2.45) is 5.92 Å². The van der Waals surface area contributed by atoms with Gasteiger partial charge in [0.1, 0.15) is 5.03 Å². The molecule has 0 amide bonds. The van der Waals surface area contributed by atoms with Gasteiger partial charge in [-0.05, 0) is 43.4 Å². The molecule has 182 valence electrons. The number of benzene rings is 1. The van der Waals surface area contributed by atoms with E-state index in [9.17, 15) is 13.2 Å². The number of fused-ring (bicyclic) bond motifs is 2. The van der Waals surface area contributed by atoms with Gasteiger partial charge in [0.15, 0.2) is 5.82 Å². The van der Waals surface area contributed by atoms with E-state index in [1.807, 2.05) is 0 Å². The van der Waals surface area contributed by atoms with Crippen LogP contribution in [0.25, 0.3) is 0 Å². The van der Waals surface area contributed by atoms with E-state index in [0.29, 0.717) is 12.8 Å². The van der Waals surface area contributed by atoms with Crippen molar-refractivity contribution in [3.63, 3.8) is 0 Å². The standard InChI is InChI=1S/C22H28N6O4S2/c29-22(30)16-3-11-28(12-4-16)34(31,32)26-17-5-9-27(10-6-17)14-15-1-2-19-18(13-15)25-20-21(33-19)24-8-7-23-20/h1-2,7-8,13,16-17,26H,3-6,9-12,14H2,(H,23,25)(H,29,30). The molecule has 0 unspecified atom stereocenters. The molecule has 0 spiro atoms. The van der Waals surface area contributed by atoms with Gasteiger partial charge < -0.3 is 10.4 Å². The number of anilines is 2. The topological polar surface area (TPSA) is 128 Å². The number of likely N-dealkylation sites (tertiary alicyclic amines) is 1. The third-order valence-electron chi connectivity index (χ3n) is 6.62. The molecule has 0 atom stereocenters. The van der Waals surface area contributed by atoms with Crippen molar-refractivity contribution >= 4 is 39.4 Å². The number of carboxylic acid groups (broad SMARTS) is 1. The minimum atomic E-state index is -3.59. The van der Waals surface area contributed by atoms with Crippen molar-refractivity contribution in [3.8, 4) is 0 Å². The van der Waals surface area contributed by atoms with Crippen LogP contribution in [0.2, 0.25) is 0 Å². The first-order valence-electron chi connectivity index (χ1n) is 11.5. The van der Waals surface area contributed by atoms with E-state index in [4.69, 9.17) is 5.11 Å². The molecule has 34 heavy (non-hydrogen) atoms. The fourth-order valence-corrected chi connectivity index (χ4v) is 7.05. The van der Waals surface area contributed by atoms with Crippen LogP contribution in [0, 0.1) is 5.92 Å². The summed E-state index contributed by atoms with van der Waals surface area (Å²) >= 11 is 1.61. The summed E-state index contributed by atoms with van der Waals surface area (Å²) in [6.07, 6.45) is 5.58. The molecular formula is C22H28N6O4S2. The fourth-order valence-electron chi connectivity index (χ4n) is 4.67. The maximum Gasteiger partial charge on any atom is 0.306 e. The van der Waals surface area contributed by atoms with Crippen molar-refractivity contribution in [3.05, 3.63) is 36.2 Å². The second kappa shape index (κ2) is 9.78. The van der Waals surface area contributed by atoms with Crippen LogP contribution in [-0.4, -0.2) is 70.9 Å². The summed E-state index contributed by atoms with van der Waals surface area (Å²) < 4.78 is 29.8. The molecule has 0 saturated carbocycles. The number of hydrogen-bond donors (Lipinski definition) is 3. The molecule has 2 fully saturated rings. The number of nitrogens with zero attached hydrogens (tertiary/aromatic N) is 4. The van der Waals surface area contributed by atoms with Crippen molar-refractivity contribution in [1.29, 1.82) is 0 Å². The van der Waals surface area contributed by atoms with Gasteiger partial charge >= 0.3 is 5.97 Å². The average Bonchev–Trinajstić information content (AvgIpc) is 2.84. The largest absolute Gasteiger partial charge is 0.481 e. The molecule has 0 bridgehead atoms. The summed E-state index contributed by atoms with van der Waals surface area (Å²) in [6.45, 7) is 2.93. The zero-order valence-corrected chi connectivity index (χ0v) is 20.3. The van der Waals surface area contributed by atoms with Gasteiger partial charge in [-0.2, -0.15) is 17.4 Å². The Hall–Kier alpha value is -2.25. The Morgan fingerprint density at radius 1 is 1.12 bits per heavy atom. The van der Waals surface area contributed by atoms with Gasteiger partial charge in [-0.15, -0.1) is 0 Å². The molecule has 3 aliphatic heterocycles. The van der Waals surface area contributed by atoms with Crippen molar-refractivity contribution < 1.29 is 18.3 Å². The molecule has 5 rings (SSSR count). The van der Waals surface area contributed by atoms with Crippen LogP contribution in [0.1, 0.15) is 31.2 Å². The Labute approximate surface area is 203 Å². The van der Waals surface area contributed by atoms with Crippen LogP contribution in [0.15, 0.2) is 40.5 Å². The van der Waals surface area contributed by atoms with E-state index < -0.39 is 22.1 Å². The molecule has 3 aliphatic rings. The van der Waals surface area contributed by atoms with Crippen molar-refractivity contribution in [2.45, 2.75) is 48.2 Å². The molecule has 0 aliphatic carbocycles. The minimum absolute atomic E-state index is 0.102. The van der Waals surface area contributed by atoms with Gasteiger partial charge in [-0.1, -0.05) is 17.8 Å². The maximum atomic E-state index is 12.8. The smallest absolute Gasteiger partial charge is 0.306 e. The molecule has 2 aromatic rings. The first-order valence-corrected chi connectivity index (χ1v) is 13.7. The number of carbonyl (C=O) groups is 1. The molecule has 4 heterocycles. The van der Waals surface area contributed by atoms with Gasteiger partial charge in [0.2, 0.25) is 0 Å². The Bertz CT molecular complexity index is 1160. The summed E-state index contributed by atoms with van der Waals surface area (Å²) in [7, 11) is -3.59. The average molecular weight is 505 g/mol. The molecule has 0 radical (unpaired) electrons. The highest BCUT2D eigenvalue weighted by Crippen LogP contribution is 2.42. The molecule has 10 nitrogen and oxygen atoms in total. The summed E-state index contributed by atoms with van der Waals surface area (Å²) in [5, 5.41) is 13.4. The van der Waals surface area contributed by atoms with Crippen molar-refractivity contribution in [2.75, 3.05) is 31.5 Å². The van der Waals surface area contributed by atoms with E-state index in [1.54, 1.807) is 24.2 Å². The van der Waals surface area contributed by atoms with Gasteiger partial charge in [-0.25, -0.2) is 9.97 Å². The summed E-state index contributed by atoms with van der Waals surface area (Å²) in [6, 6.07) is 6.28. The van der Waals surface area contributed by atoms with Crippen LogP contribution in [0.3, 0.4) is 0 Å². The third-order valence-corrected chi connectivity index (χ3v) is 9.36. The van der Waals surface area contributed by atoms with Gasteiger partial charge in [0, 0.05) is 56.1 Å². The third kappa shape index (κ3) is 5.20. The molecule has 2 saturated heterocycles. The highest BCUT2D eigenvalue weighted by Gasteiger charge is 2.33. The van der Waals surface area contributed by atoms with Crippen LogP contribution in [-0.2, 0) is 21.5 Å². The highest BCUT2D eigenvalue weighted by molar-refractivity contribution is 7.99. The number of carboxylic acids is 1. The maximum absolute atomic E-state index is 12.8. The molecular weight excluding hydrogens is 476 g/mol. The lowest BCUT2D eigenvalue weighted by Crippen LogP contribution is -2.51. The van der Waals surface area contributed by atoms with E-state index in [0.717, 1.165) is 53.9 Å². The van der Waals surface area contributed by atoms with Crippen LogP contribution >= 0.6 is 11.8 Å². The molecule has 12 heteroatoms. The Morgan fingerprint density at radius 3 is 2.59 bits per heavy atom. The Morgan fingerprint density at radius 2 is 1.85 bits per heavy atom. The van der Waals surface area contributed by atoms with Gasteiger partial charge in [-0.3, -0.25) is 9.69 Å². The second-order valence-electron chi connectivity index (χ2n) is 8.95. The summed E-state index contributed by atoms with van der Waals surface area (Å²) in [5.74, 6) is -0.517. The monoisotopic (exact) mass is 504 g/mol. The minimum Gasteiger partial charge on any atom is -0.481 e. The van der Waals surface area contributed by atoms with Gasteiger partial charge in [0.25, 0.3) is 10.2 Å². The van der Waals surface area contributed by atoms with Crippen LogP contribution in [0.4, 0.5) is 11.5 Å². The lowest BCUT2D eigenvalue weighted by Gasteiger charge is -2.35. The highest BCUT2D eigenvalue weighted by atomic mass is 32.2. The Kier molecular flexibility index (Phi) is 6.76. The number of aliphatic carboxylic acids is 1.